The van der Waals surface area contributed by atoms with Crippen LogP contribution in [-0.2, 0) is 32.7 Å². The van der Waals surface area contributed by atoms with Crippen molar-refractivity contribution >= 4 is 5.97 Å². The lowest BCUT2D eigenvalue weighted by molar-refractivity contribution is -0.161. The molecule has 0 saturated heterocycles. The molecule has 172 valence electrons. The van der Waals surface area contributed by atoms with Crippen LogP contribution in [-0.4, -0.2) is 44.6 Å². The van der Waals surface area contributed by atoms with Crippen molar-refractivity contribution in [2.45, 2.75) is 24.0 Å². The van der Waals surface area contributed by atoms with Gasteiger partial charge in [0.05, 0.1) is 34.5 Å². The van der Waals surface area contributed by atoms with Crippen molar-refractivity contribution in [3.63, 3.8) is 0 Å². The molecule has 0 saturated carbocycles. The molecular weight excluding hydrogens is 420 g/mol. The summed E-state index contributed by atoms with van der Waals surface area (Å²) in [6.45, 7) is 0.206. The van der Waals surface area contributed by atoms with Crippen molar-refractivity contribution < 1.29 is 28.8 Å². The zero-order chi connectivity index (χ0) is 23.5. The quantitative estimate of drug-likeness (QED) is 0.530. The number of hydrogen-bond donors (Lipinski definition) is 1. The van der Waals surface area contributed by atoms with Crippen LogP contribution in [0, 0.1) is 0 Å². The number of rotatable bonds is 8. The largest absolute Gasteiger partial charge is 0.497 e. The number of ether oxygens (including phenoxy) is 4. The molecule has 1 aliphatic rings. The van der Waals surface area contributed by atoms with E-state index in [1.807, 2.05) is 42.5 Å². The maximum atomic E-state index is 13.7. The van der Waals surface area contributed by atoms with E-state index >= 15 is 0 Å². The first kappa shape index (κ1) is 22.8. The normalized spacial score (nSPS) is 21.3. The molecule has 0 aromatic heterocycles. The molecule has 0 radical (unpaired) electrons. The van der Waals surface area contributed by atoms with E-state index in [4.69, 9.17) is 18.9 Å². The van der Waals surface area contributed by atoms with Gasteiger partial charge in [-0.1, -0.05) is 54.6 Å². The minimum atomic E-state index is -1.63. The van der Waals surface area contributed by atoms with Crippen LogP contribution in [0.5, 0.6) is 11.5 Å². The Kier molecular flexibility index (Phi) is 6.40. The molecule has 1 aliphatic carbocycles. The highest BCUT2D eigenvalue weighted by molar-refractivity contribution is 5.93. The van der Waals surface area contributed by atoms with Crippen molar-refractivity contribution in [3.05, 3.63) is 95.1 Å². The van der Waals surface area contributed by atoms with Gasteiger partial charge in [0, 0.05) is 12.0 Å². The summed E-state index contributed by atoms with van der Waals surface area (Å²) in [5.41, 5.74) is -0.304. The molecule has 3 aromatic rings. The lowest BCUT2D eigenvalue weighted by Crippen LogP contribution is -2.58. The third-order valence-electron chi connectivity index (χ3n) is 6.34. The maximum absolute atomic E-state index is 13.7. The number of carbonyl (C=O) groups excluding carboxylic acids is 1. The van der Waals surface area contributed by atoms with Crippen molar-refractivity contribution in [2.75, 3.05) is 27.9 Å². The van der Waals surface area contributed by atoms with Crippen LogP contribution in [0.15, 0.2) is 72.8 Å². The Labute approximate surface area is 193 Å². The second-order valence-electron chi connectivity index (χ2n) is 8.15. The predicted octanol–water partition coefficient (Wildman–Crippen LogP) is 3.67. The number of fused-ring (bicyclic) bond motifs is 1. The lowest BCUT2D eigenvalue weighted by Gasteiger charge is -2.41. The molecule has 2 unspecified atom stereocenters. The number of methoxy groups -OCH3 is 3. The van der Waals surface area contributed by atoms with Crippen molar-refractivity contribution in [1.82, 2.24) is 0 Å². The van der Waals surface area contributed by atoms with E-state index in [-0.39, 0.29) is 13.0 Å². The summed E-state index contributed by atoms with van der Waals surface area (Å²) in [5.74, 6) is 0.469. The first-order valence-corrected chi connectivity index (χ1v) is 10.7. The first-order chi connectivity index (χ1) is 16.0. The highest BCUT2D eigenvalue weighted by Crippen LogP contribution is 2.55. The predicted molar refractivity (Wildman–Crippen MR) is 124 cm³/mol. The third kappa shape index (κ3) is 3.75. The van der Waals surface area contributed by atoms with Crippen LogP contribution >= 0.6 is 0 Å². The number of carbonyl (C=O) groups is 1. The number of hydrogen-bond acceptors (Lipinski definition) is 6. The zero-order valence-corrected chi connectivity index (χ0v) is 19.0. The fraction of sp³-hybridized carbons (Fsp3) is 0.296. The number of benzene rings is 3. The lowest BCUT2D eigenvalue weighted by atomic mass is 9.66. The molecule has 0 heterocycles. The minimum Gasteiger partial charge on any atom is -0.497 e. The second kappa shape index (κ2) is 9.25. The van der Waals surface area contributed by atoms with Crippen molar-refractivity contribution in [3.8, 4) is 11.5 Å². The van der Waals surface area contributed by atoms with Gasteiger partial charge in [-0.15, -0.1) is 0 Å². The molecule has 6 nitrogen and oxygen atoms in total. The first-order valence-electron chi connectivity index (χ1n) is 10.7. The summed E-state index contributed by atoms with van der Waals surface area (Å²) in [5, 5.41) is 12.2. The van der Waals surface area contributed by atoms with Crippen molar-refractivity contribution in [1.29, 1.82) is 0 Å². The van der Waals surface area contributed by atoms with Crippen LogP contribution in [0.25, 0.3) is 0 Å². The molecule has 1 N–H and O–H groups in total. The van der Waals surface area contributed by atoms with E-state index in [9.17, 15) is 9.90 Å². The Bertz CT molecular complexity index is 1130. The molecule has 0 aliphatic heterocycles. The fourth-order valence-electron chi connectivity index (χ4n) is 4.90. The van der Waals surface area contributed by atoms with E-state index < -0.39 is 17.0 Å². The van der Waals surface area contributed by atoms with Gasteiger partial charge in [-0.05, 0) is 34.9 Å². The van der Waals surface area contributed by atoms with Gasteiger partial charge < -0.3 is 24.1 Å². The summed E-state index contributed by atoms with van der Waals surface area (Å²) in [7, 11) is 4.43. The van der Waals surface area contributed by atoms with E-state index in [0.29, 0.717) is 29.2 Å². The molecule has 0 fully saturated rings. The van der Waals surface area contributed by atoms with E-state index in [1.54, 1.807) is 44.6 Å². The maximum Gasteiger partial charge on any atom is 0.324 e. The van der Waals surface area contributed by atoms with Crippen LogP contribution in [0.4, 0.5) is 0 Å². The van der Waals surface area contributed by atoms with Crippen molar-refractivity contribution in [2.24, 2.45) is 0 Å². The van der Waals surface area contributed by atoms with Gasteiger partial charge in [0.25, 0.3) is 0 Å². The summed E-state index contributed by atoms with van der Waals surface area (Å²) >= 11 is 0. The average molecular weight is 449 g/mol. The SMILES string of the molecule is COC(=O)C1(c2cccc(OC)c2)c2c(cccc2OC)CC1(O)COCc1ccccc1. The number of aliphatic hydroxyl groups is 1. The smallest absolute Gasteiger partial charge is 0.324 e. The van der Waals surface area contributed by atoms with E-state index in [0.717, 1.165) is 11.1 Å². The van der Waals surface area contributed by atoms with Gasteiger partial charge in [0.2, 0.25) is 0 Å². The van der Waals surface area contributed by atoms with Crippen LogP contribution in [0.2, 0.25) is 0 Å². The summed E-state index contributed by atoms with van der Waals surface area (Å²) in [6.07, 6.45) is 0.195. The highest BCUT2D eigenvalue weighted by Gasteiger charge is 2.65. The van der Waals surface area contributed by atoms with Crippen LogP contribution < -0.4 is 9.47 Å². The summed E-state index contributed by atoms with van der Waals surface area (Å²) < 4.78 is 22.4. The zero-order valence-electron chi connectivity index (χ0n) is 19.0. The molecule has 0 amide bonds. The Hall–Kier alpha value is -3.35. The fourth-order valence-corrected chi connectivity index (χ4v) is 4.90. The van der Waals surface area contributed by atoms with Crippen LogP contribution in [0.1, 0.15) is 22.3 Å². The Balaban J connectivity index is 1.88. The van der Waals surface area contributed by atoms with Gasteiger partial charge in [-0.2, -0.15) is 0 Å². The molecule has 0 bridgehead atoms. The Morgan fingerprint density at radius 1 is 0.939 bits per heavy atom. The second-order valence-corrected chi connectivity index (χ2v) is 8.15. The van der Waals surface area contributed by atoms with Gasteiger partial charge in [0.15, 0.2) is 5.41 Å². The minimum absolute atomic E-state index is 0.0912. The van der Waals surface area contributed by atoms with Gasteiger partial charge in [-0.3, -0.25) is 4.79 Å². The Morgan fingerprint density at radius 3 is 2.39 bits per heavy atom. The van der Waals surface area contributed by atoms with Gasteiger partial charge >= 0.3 is 5.97 Å². The molecule has 4 rings (SSSR count). The third-order valence-corrected chi connectivity index (χ3v) is 6.34. The van der Waals surface area contributed by atoms with Crippen LogP contribution in [0.3, 0.4) is 0 Å². The molecule has 0 spiro atoms. The topological polar surface area (TPSA) is 74.2 Å². The van der Waals surface area contributed by atoms with Gasteiger partial charge in [0.1, 0.15) is 17.1 Å². The van der Waals surface area contributed by atoms with Gasteiger partial charge in [-0.25, -0.2) is 0 Å². The standard InChI is InChI=1S/C27H28O6/c1-30-22-13-8-12-21(15-22)27(25(28)32-3)24-20(11-7-14-23(24)31-2)16-26(27,29)18-33-17-19-9-5-4-6-10-19/h4-15,29H,16-18H2,1-3H3. The molecule has 6 heteroatoms. The van der Waals surface area contributed by atoms with E-state index in [2.05, 4.69) is 0 Å². The average Bonchev–Trinajstić information content (AvgIpc) is 3.13. The summed E-state index contributed by atoms with van der Waals surface area (Å²) in [6, 6.07) is 22.3. The summed E-state index contributed by atoms with van der Waals surface area (Å²) in [4.78, 5) is 13.7. The highest BCUT2D eigenvalue weighted by atomic mass is 16.5. The Morgan fingerprint density at radius 2 is 1.70 bits per heavy atom. The monoisotopic (exact) mass is 448 g/mol. The number of esters is 1. The molecular formula is C27H28O6. The molecule has 33 heavy (non-hydrogen) atoms. The molecule has 3 aromatic carbocycles. The van der Waals surface area contributed by atoms with E-state index in [1.165, 1.54) is 7.11 Å². The molecule has 2 atom stereocenters.